The van der Waals surface area contributed by atoms with Crippen LogP contribution in [0.3, 0.4) is 0 Å². The van der Waals surface area contributed by atoms with Crippen LogP contribution < -0.4 is 16.0 Å². The quantitative estimate of drug-likeness (QED) is 0.779. The molecule has 0 aliphatic heterocycles. The topological polar surface area (TPSA) is 92.5 Å². The molecule has 0 heterocycles. The molecule has 3 N–H and O–H groups in total. The molecular formula is C12H15N3O3. The number of anilines is 1. The third-order valence-corrected chi connectivity index (χ3v) is 2.41. The van der Waals surface area contributed by atoms with E-state index in [-0.39, 0.29) is 12.5 Å². The van der Waals surface area contributed by atoms with Gasteiger partial charge in [-0.2, -0.15) is 0 Å². The van der Waals surface area contributed by atoms with E-state index in [4.69, 9.17) is 5.73 Å². The van der Waals surface area contributed by atoms with Gasteiger partial charge in [-0.1, -0.05) is 12.1 Å². The SMILES string of the molecule is CC(=O)N(C)c1ccccc1C(=O)NCC(N)=O. The number of nitrogens with one attached hydrogen (secondary N) is 1. The Morgan fingerprint density at radius 3 is 2.44 bits per heavy atom. The summed E-state index contributed by atoms with van der Waals surface area (Å²) in [6, 6.07) is 6.63. The van der Waals surface area contributed by atoms with E-state index < -0.39 is 11.8 Å². The van der Waals surface area contributed by atoms with Crippen molar-refractivity contribution in [2.75, 3.05) is 18.5 Å². The predicted octanol–water partition coefficient (Wildman–Crippen LogP) is -0.116. The van der Waals surface area contributed by atoms with Gasteiger partial charge in [0.2, 0.25) is 11.8 Å². The standard InChI is InChI=1S/C12H15N3O3/c1-8(16)15(2)10-6-4-3-5-9(10)12(18)14-7-11(13)17/h3-6H,7H2,1-2H3,(H2,13,17)(H,14,18). The second-order valence-electron chi connectivity index (χ2n) is 3.74. The average Bonchev–Trinajstić information content (AvgIpc) is 2.34. The Morgan fingerprint density at radius 2 is 1.89 bits per heavy atom. The molecule has 1 aromatic rings. The van der Waals surface area contributed by atoms with Crippen molar-refractivity contribution in [2.45, 2.75) is 6.92 Å². The highest BCUT2D eigenvalue weighted by Gasteiger charge is 2.15. The number of primary amides is 1. The van der Waals surface area contributed by atoms with Crippen molar-refractivity contribution in [1.82, 2.24) is 5.32 Å². The van der Waals surface area contributed by atoms with Gasteiger partial charge in [-0.15, -0.1) is 0 Å². The molecule has 1 aromatic carbocycles. The zero-order valence-corrected chi connectivity index (χ0v) is 10.3. The van der Waals surface area contributed by atoms with Crippen LogP contribution in [0.15, 0.2) is 24.3 Å². The third-order valence-electron chi connectivity index (χ3n) is 2.41. The number of carbonyl (C=O) groups is 3. The molecule has 0 saturated heterocycles. The van der Waals surface area contributed by atoms with Crippen molar-refractivity contribution < 1.29 is 14.4 Å². The smallest absolute Gasteiger partial charge is 0.253 e. The van der Waals surface area contributed by atoms with Gasteiger partial charge in [0.05, 0.1) is 17.8 Å². The van der Waals surface area contributed by atoms with E-state index in [9.17, 15) is 14.4 Å². The van der Waals surface area contributed by atoms with Crippen LogP contribution >= 0.6 is 0 Å². The maximum absolute atomic E-state index is 11.8. The first-order valence-electron chi connectivity index (χ1n) is 5.33. The van der Waals surface area contributed by atoms with E-state index in [1.807, 2.05) is 0 Å². The number of hydrogen-bond donors (Lipinski definition) is 2. The van der Waals surface area contributed by atoms with Crippen LogP contribution in [0.4, 0.5) is 5.69 Å². The Balaban J connectivity index is 2.98. The Morgan fingerprint density at radius 1 is 1.28 bits per heavy atom. The summed E-state index contributed by atoms with van der Waals surface area (Å²) in [5.41, 5.74) is 5.74. The second kappa shape index (κ2) is 5.81. The Hall–Kier alpha value is -2.37. The fourth-order valence-electron chi connectivity index (χ4n) is 1.39. The minimum Gasteiger partial charge on any atom is -0.368 e. The van der Waals surface area contributed by atoms with E-state index in [1.54, 1.807) is 31.3 Å². The van der Waals surface area contributed by atoms with Crippen molar-refractivity contribution in [3.63, 3.8) is 0 Å². The van der Waals surface area contributed by atoms with Gasteiger partial charge >= 0.3 is 0 Å². The van der Waals surface area contributed by atoms with Crippen molar-refractivity contribution in [2.24, 2.45) is 5.73 Å². The summed E-state index contributed by atoms with van der Waals surface area (Å²) in [6.07, 6.45) is 0. The van der Waals surface area contributed by atoms with E-state index in [0.717, 1.165) is 0 Å². The molecule has 0 aliphatic rings. The van der Waals surface area contributed by atoms with E-state index >= 15 is 0 Å². The second-order valence-corrected chi connectivity index (χ2v) is 3.74. The molecule has 0 fully saturated rings. The molecule has 3 amide bonds. The summed E-state index contributed by atoms with van der Waals surface area (Å²) in [4.78, 5) is 35.1. The highest BCUT2D eigenvalue weighted by Crippen LogP contribution is 2.19. The first-order chi connectivity index (χ1) is 8.43. The van der Waals surface area contributed by atoms with Gasteiger partial charge in [0, 0.05) is 14.0 Å². The van der Waals surface area contributed by atoms with E-state index in [0.29, 0.717) is 11.3 Å². The number of carbonyl (C=O) groups excluding carboxylic acids is 3. The molecule has 0 bridgehead atoms. The molecule has 6 heteroatoms. The summed E-state index contributed by atoms with van der Waals surface area (Å²) < 4.78 is 0. The number of hydrogen-bond acceptors (Lipinski definition) is 3. The largest absolute Gasteiger partial charge is 0.368 e. The number of nitrogens with zero attached hydrogens (tertiary/aromatic N) is 1. The number of nitrogens with two attached hydrogens (primary N) is 1. The van der Waals surface area contributed by atoms with Crippen molar-refractivity contribution >= 4 is 23.4 Å². The molecule has 0 saturated carbocycles. The van der Waals surface area contributed by atoms with Gasteiger partial charge in [0.25, 0.3) is 5.91 Å². The fourth-order valence-corrected chi connectivity index (χ4v) is 1.39. The number of rotatable bonds is 4. The van der Waals surface area contributed by atoms with Gasteiger partial charge < -0.3 is 16.0 Å². The maximum atomic E-state index is 11.8. The fraction of sp³-hybridized carbons (Fsp3) is 0.250. The predicted molar refractivity (Wildman–Crippen MR) is 67.1 cm³/mol. The average molecular weight is 249 g/mol. The van der Waals surface area contributed by atoms with Crippen LogP contribution in [0.1, 0.15) is 17.3 Å². The van der Waals surface area contributed by atoms with Crippen molar-refractivity contribution in [3.05, 3.63) is 29.8 Å². The lowest BCUT2D eigenvalue weighted by Crippen LogP contribution is -2.34. The number of benzene rings is 1. The molecule has 0 unspecified atom stereocenters. The molecule has 0 aliphatic carbocycles. The van der Waals surface area contributed by atoms with Crippen molar-refractivity contribution in [1.29, 1.82) is 0 Å². The number of para-hydroxylation sites is 1. The summed E-state index contributed by atoms with van der Waals surface area (Å²) in [6.45, 7) is 1.16. The molecule has 96 valence electrons. The Labute approximate surface area is 105 Å². The van der Waals surface area contributed by atoms with Crippen LogP contribution in [0.5, 0.6) is 0 Å². The minimum absolute atomic E-state index is 0.190. The lowest BCUT2D eigenvalue weighted by atomic mass is 10.1. The summed E-state index contributed by atoms with van der Waals surface area (Å²) in [5, 5.41) is 2.38. The highest BCUT2D eigenvalue weighted by molar-refractivity contribution is 6.04. The van der Waals surface area contributed by atoms with Gasteiger partial charge in [-0.05, 0) is 12.1 Å². The summed E-state index contributed by atoms with van der Waals surface area (Å²) >= 11 is 0. The van der Waals surface area contributed by atoms with E-state index in [2.05, 4.69) is 5.32 Å². The number of amides is 3. The van der Waals surface area contributed by atoms with Crippen LogP contribution in [0.2, 0.25) is 0 Å². The van der Waals surface area contributed by atoms with E-state index in [1.165, 1.54) is 11.8 Å². The molecule has 0 atom stereocenters. The molecule has 0 radical (unpaired) electrons. The highest BCUT2D eigenvalue weighted by atomic mass is 16.2. The zero-order valence-electron chi connectivity index (χ0n) is 10.3. The normalized spacial score (nSPS) is 9.67. The molecular weight excluding hydrogens is 234 g/mol. The van der Waals surface area contributed by atoms with Gasteiger partial charge in [-0.25, -0.2) is 0 Å². The molecule has 1 rings (SSSR count). The Bertz CT molecular complexity index is 485. The lowest BCUT2D eigenvalue weighted by Gasteiger charge is -2.18. The lowest BCUT2D eigenvalue weighted by molar-refractivity contribution is -0.117. The Kier molecular flexibility index (Phi) is 4.42. The third kappa shape index (κ3) is 3.31. The van der Waals surface area contributed by atoms with Crippen LogP contribution in [0, 0.1) is 0 Å². The molecule has 0 spiro atoms. The molecule has 18 heavy (non-hydrogen) atoms. The minimum atomic E-state index is -0.624. The van der Waals surface area contributed by atoms with Crippen molar-refractivity contribution in [3.8, 4) is 0 Å². The van der Waals surface area contributed by atoms with Gasteiger partial charge in [-0.3, -0.25) is 14.4 Å². The summed E-state index contributed by atoms with van der Waals surface area (Å²) in [7, 11) is 1.57. The molecule has 6 nitrogen and oxygen atoms in total. The first-order valence-corrected chi connectivity index (χ1v) is 5.33. The summed E-state index contributed by atoms with van der Waals surface area (Å²) in [5.74, 6) is -1.26. The van der Waals surface area contributed by atoms with Gasteiger partial charge in [0.15, 0.2) is 0 Å². The van der Waals surface area contributed by atoms with Crippen LogP contribution in [-0.4, -0.2) is 31.3 Å². The monoisotopic (exact) mass is 249 g/mol. The molecule has 0 aromatic heterocycles. The van der Waals surface area contributed by atoms with Crippen LogP contribution in [-0.2, 0) is 9.59 Å². The van der Waals surface area contributed by atoms with Gasteiger partial charge in [0.1, 0.15) is 0 Å². The first kappa shape index (κ1) is 13.7. The maximum Gasteiger partial charge on any atom is 0.253 e. The van der Waals surface area contributed by atoms with Crippen LogP contribution in [0.25, 0.3) is 0 Å². The zero-order chi connectivity index (χ0) is 13.7.